The largest absolute Gasteiger partial charge is 0.371 e. The van der Waals surface area contributed by atoms with Crippen molar-refractivity contribution in [3.63, 3.8) is 0 Å². The van der Waals surface area contributed by atoms with E-state index in [9.17, 15) is 0 Å². The molecule has 1 aliphatic rings. The summed E-state index contributed by atoms with van der Waals surface area (Å²) in [6, 6.07) is 2.14. The first-order valence-corrected chi connectivity index (χ1v) is 6.95. The minimum absolute atomic E-state index is 0.190. The highest BCUT2D eigenvalue weighted by Crippen LogP contribution is 2.43. The summed E-state index contributed by atoms with van der Waals surface area (Å²) in [5, 5.41) is 11.7. The Bertz CT molecular complexity index is 413. The van der Waals surface area contributed by atoms with E-state index in [2.05, 4.69) is 18.0 Å². The van der Waals surface area contributed by atoms with Crippen LogP contribution in [0.2, 0.25) is 0 Å². The van der Waals surface area contributed by atoms with Gasteiger partial charge in [0.05, 0.1) is 18.2 Å². The molecule has 0 radical (unpaired) electrons. The number of nitriles is 1. The number of hydrogen-bond donors (Lipinski definition) is 0. The highest BCUT2D eigenvalue weighted by atomic mass is 32.1. The molecule has 0 spiro atoms. The first-order chi connectivity index (χ1) is 8.20. The lowest BCUT2D eigenvalue weighted by Crippen LogP contribution is -2.33. The Labute approximate surface area is 106 Å². The summed E-state index contributed by atoms with van der Waals surface area (Å²) in [5.74, 6) is 0.789. The smallest absolute Gasteiger partial charge is 0.125 e. The molecule has 0 aromatic carbocycles. The van der Waals surface area contributed by atoms with Gasteiger partial charge < -0.3 is 4.74 Å². The van der Waals surface area contributed by atoms with Crippen LogP contribution in [0.5, 0.6) is 0 Å². The molecule has 1 fully saturated rings. The molecule has 4 heteroatoms. The third-order valence-electron chi connectivity index (χ3n) is 3.67. The predicted molar refractivity (Wildman–Crippen MR) is 67.8 cm³/mol. The van der Waals surface area contributed by atoms with Crippen LogP contribution in [-0.4, -0.2) is 12.1 Å². The fraction of sp³-hybridized carbons (Fsp3) is 0.692. The van der Waals surface area contributed by atoms with Crippen LogP contribution in [0.4, 0.5) is 0 Å². The molecule has 0 N–H and O–H groups in total. The minimum Gasteiger partial charge on any atom is -0.371 e. The standard InChI is InChI=1S/C13H18N2OS/c1-10-3-6-13(16-2,7-4-10)12-15-11(5-8-14)9-17-12/h9-10H,3-7H2,1-2H3. The molecule has 0 bridgehead atoms. The van der Waals surface area contributed by atoms with Crippen LogP contribution < -0.4 is 0 Å². The summed E-state index contributed by atoms with van der Waals surface area (Å²) >= 11 is 1.63. The monoisotopic (exact) mass is 250 g/mol. The molecule has 1 heterocycles. The zero-order chi connectivity index (χ0) is 12.3. The number of rotatable bonds is 3. The Morgan fingerprint density at radius 2 is 2.29 bits per heavy atom. The van der Waals surface area contributed by atoms with Crippen LogP contribution in [0, 0.1) is 17.2 Å². The van der Waals surface area contributed by atoms with Gasteiger partial charge in [-0.05, 0) is 31.6 Å². The molecule has 2 rings (SSSR count). The van der Waals surface area contributed by atoms with E-state index < -0.39 is 0 Å². The number of ether oxygens (including phenoxy) is 1. The van der Waals surface area contributed by atoms with E-state index in [0.29, 0.717) is 6.42 Å². The van der Waals surface area contributed by atoms with E-state index in [-0.39, 0.29) is 5.60 Å². The molecule has 3 nitrogen and oxygen atoms in total. The summed E-state index contributed by atoms with van der Waals surface area (Å²) in [7, 11) is 1.78. The lowest BCUT2D eigenvalue weighted by atomic mass is 9.80. The van der Waals surface area contributed by atoms with Crippen LogP contribution >= 0.6 is 11.3 Å². The van der Waals surface area contributed by atoms with Gasteiger partial charge in [0.15, 0.2) is 0 Å². The van der Waals surface area contributed by atoms with E-state index in [1.54, 1.807) is 18.4 Å². The highest BCUT2D eigenvalue weighted by molar-refractivity contribution is 7.09. The second kappa shape index (κ2) is 5.16. The molecule has 1 aromatic heterocycles. The summed E-state index contributed by atoms with van der Waals surface area (Å²) in [6.07, 6.45) is 4.88. The van der Waals surface area contributed by atoms with Crippen molar-refractivity contribution in [2.75, 3.05) is 7.11 Å². The van der Waals surface area contributed by atoms with Crippen molar-refractivity contribution < 1.29 is 4.74 Å². The minimum atomic E-state index is -0.190. The van der Waals surface area contributed by atoms with Crippen LogP contribution in [0.3, 0.4) is 0 Å². The van der Waals surface area contributed by atoms with Crippen molar-refractivity contribution in [3.8, 4) is 6.07 Å². The third kappa shape index (κ3) is 2.51. The molecular formula is C13H18N2OS. The fourth-order valence-corrected chi connectivity index (χ4v) is 3.47. The molecule has 0 unspecified atom stereocenters. The molecule has 0 atom stereocenters. The maximum absolute atomic E-state index is 8.68. The molecule has 0 amide bonds. The Morgan fingerprint density at radius 3 is 2.88 bits per heavy atom. The number of aromatic nitrogens is 1. The van der Waals surface area contributed by atoms with Crippen LogP contribution in [0.25, 0.3) is 0 Å². The number of hydrogen-bond acceptors (Lipinski definition) is 4. The van der Waals surface area contributed by atoms with Gasteiger partial charge in [0.25, 0.3) is 0 Å². The normalized spacial score (nSPS) is 28.9. The van der Waals surface area contributed by atoms with Gasteiger partial charge in [-0.15, -0.1) is 11.3 Å². The van der Waals surface area contributed by atoms with Gasteiger partial charge in [-0.25, -0.2) is 4.98 Å². The average Bonchev–Trinajstić information content (AvgIpc) is 2.80. The summed E-state index contributed by atoms with van der Waals surface area (Å²) < 4.78 is 5.77. The van der Waals surface area contributed by atoms with Crippen molar-refractivity contribution in [2.45, 2.75) is 44.6 Å². The molecule has 1 aliphatic carbocycles. The fourth-order valence-electron chi connectivity index (χ4n) is 2.41. The lowest BCUT2D eigenvalue weighted by Gasteiger charge is -2.36. The van der Waals surface area contributed by atoms with Gasteiger partial charge in [0.2, 0.25) is 0 Å². The van der Waals surface area contributed by atoms with Crippen molar-refractivity contribution in [2.24, 2.45) is 5.92 Å². The Morgan fingerprint density at radius 1 is 1.59 bits per heavy atom. The van der Waals surface area contributed by atoms with Crippen LogP contribution in [-0.2, 0) is 16.8 Å². The van der Waals surface area contributed by atoms with Gasteiger partial charge in [-0.2, -0.15) is 5.26 Å². The number of nitrogens with zero attached hydrogens (tertiary/aromatic N) is 2. The van der Waals surface area contributed by atoms with Crippen molar-refractivity contribution in [1.82, 2.24) is 4.98 Å². The molecular weight excluding hydrogens is 232 g/mol. The van der Waals surface area contributed by atoms with Gasteiger partial charge in [-0.3, -0.25) is 0 Å². The van der Waals surface area contributed by atoms with Gasteiger partial charge in [0, 0.05) is 12.5 Å². The molecule has 92 valence electrons. The first kappa shape index (κ1) is 12.5. The highest BCUT2D eigenvalue weighted by Gasteiger charge is 2.38. The molecule has 0 saturated heterocycles. The maximum atomic E-state index is 8.68. The van der Waals surface area contributed by atoms with Gasteiger partial charge in [0.1, 0.15) is 10.6 Å². The lowest BCUT2D eigenvalue weighted by molar-refractivity contribution is -0.0531. The summed E-state index contributed by atoms with van der Waals surface area (Å²) in [5.41, 5.74) is 0.688. The Hall–Kier alpha value is -0.920. The van der Waals surface area contributed by atoms with E-state index in [1.807, 2.05) is 5.38 Å². The van der Waals surface area contributed by atoms with E-state index in [4.69, 9.17) is 10.00 Å². The second-order valence-corrected chi connectivity index (χ2v) is 5.72. The van der Waals surface area contributed by atoms with Crippen molar-refractivity contribution >= 4 is 11.3 Å². The Balaban J connectivity index is 2.19. The zero-order valence-corrected chi connectivity index (χ0v) is 11.2. The second-order valence-electron chi connectivity index (χ2n) is 4.86. The van der Waals surface area contributed by atoms with E-state index >= 15 is 0 Å². The Kier molecular flexibility index (Phi) is 3.80. The predicted octanol–water partition coefficient (Wildman–Crippen LogP) is 3.26. The molecule has 1 aromatic rings. The SMILES string of the molecule is COC1(c2nc(CC#N)cs2)CCC(C)CC1. The van der Waals surface area contributed by atoms with E-state index in [1.165, 1.54) is 12.8 Å². The topological polar surface area (TPSA) is 45.9 Å². The molecule has 0 aliphatic heterocycles. The third-order valence-corrected chi connectivity index (χ3v) is 4.75. The summed E-state index contributed by atoms with van der Waals surface area (Å²) in [4.78, 5) is 4.56. The number of methoxy groups -OCH3 is 1. The van der Waals surface area contributed by atoms with Crippen LogP contribution in [0.15, 0.2) is 5.38 Å². The quantitative estimate of drug-likeness (QED) is 0.827. The van der Waals surface area contributed by atoms with Crippen molar-refractivity contribution in [1.29, 1.82) is 5.26 Å². The first-order valence-electron chi connectivity index (χ1n) is 6.07. The maximum Gasteiger partial charge on any atom is 0.125 e. The van der Waals surface area contributed by atoms with E-state index in [0.717, 1.165) is 29.5 Å². The summed E-state index contributed by atoms with van der Waals surface area (Å²) in [6.45, 7) is 2.29. The average molecular weight is 250 g/mol. The molecule has 17 heavy (non-hydrogen) atoms. The molecule has 1 saturated carbocycles. The van der Waals surface area contributed by atoms with Gasteiger partial charge >= 0.3 is 0 Å². The number of thiazole rings is 1. The van der Waals surface area contributed by atoms with Crippen LogP contribution in [0.1, 0.15) is 43.3 Å². The zero-order valence-electron chi connectivity index (χ0n) is 10.4. The van der Waals surface area contributed by atoms with Gasteiger partial charge in [-0.1, -0.05) is 6.92 Å². The van der Waals surface area contributed by atoms with Crippen molar-refractivity contribution in [3.05, 3.63) is 16.1 Å².